The predicted octanol–water partition coefficient (Wildman–Crippen LogP) is -3.34. The number of nitrogens with one attached hydrogen (secondary N) is 4. The third-order valence-corrected chi connectivity index (χ3v) is 5.04. The third kappa shape index (κ3) is 9.16. The van der Waals surface area contributed by atoms with E-state index in [9.17, 15) is 29.1 Å². The number of carbonyl (C=O) groups excluding carboxylic acids is 4. The zero-order chi connectivity index (χ0) is 24.3. The van der Waals surface area contributed by atoms with Crippen LogP contribution in [-0.4, -0.2) is 83.2 Å². The van der Waals surface area contributed by atoms with Gasteiger partial charge in [-0.1, -0.05) is 0 Å². The molecule has 5 unspecified atom stereocenters. The summed E-state index contributed by atoms with van der Waals surface area (Å²) in [4.78, 5) is 60.1. The van der Waals surface area contributed by atoms with Crippen LogP contribution in [0.4, 0.5) is 0 Å². The summed E-state index contributed by atoms with van der Waals surface area (Å²) in [5, 5.41) is 29.3. The van der Waals surface area contributed by atoms with Crippen molar-refractivity contribution in [3.8, 4) is 0 Å². The fraction of sp³-hybridized carbons (Fsp3) is 0.737. The molecule has 5 atom stereocenters. The van der Waals surface area contributed by atoms with Crippen LogP contribution in [0, 0.1) is 0 Å². The van der Waals surface area contributed by atoms with E-state index in [2.05, 4.69) is 21.3 Å². The second-order valence-electron chi connectivity index (χ2n) is 7.79. The molecule has 0 aromatic heterocycles. The molecule has 13 nitrogen and oxygen atoms in total. The van der Waals surface area contributed by atoms with Gasteiger partial charge in [0.15, 0.2) is 0 Å². The van der Waals surface area contributed by atoms with Gasteiger partial charge in [-0.05, 0) is 52.1 Å². The highest BCUT2D eigenvalue weighted by Crippen LogP contribution is 2.08. The number of carboxylic acids is 1. The van der Waals surface area contributed by atoms with Gasteiger partial charge < -0.3 is 42.9 Å². The number of carbonyl (C=O) groups is 5. The Kier molecular flexibility index (Phi) is 11.6. The minimum atomic E-state index is -1.62. The van der Waals surface area contributed by atoms with Crippen LogP contribution in [0.2, 0.25) is 0 Å². The van der Waals surface area contributed by atoms with Crippen LogP contribution >= 0.6 is 0 Å². The minimum Gasteiger partial charge on any atom is -0.480 e. The van der Waals surface area contributed by atoms with Gasteiger partial charge in [0, 0.05) is 0 Å². The molecule has 13 heteroatoms. The van der Waals surface area contributed by atoms with Gasteiger partial charge in [-0.15, -0.1) is 0 Å². The lowest BCUT2D eigenvalue weighted by atomic mass is 10.1. The number of primary amides is 1. The first-order chi connectivity index (χ1) is 15.1. The highest BCUT2D eigenvalue weighted by Gasteiger charge is 2.33. The Bertz CT molecular complexity index is 681. The van der Waals surface area contributed by atoms with Gasteiger partial charge in [0.1, 0.15) is 18.1 Å². The largest absolute Gasteiger partial charge is 0.480 e. The maximum Gasteiger partial charge on any atom is 0.326 e. The number of aliphatic carboxylic acids is 1. The topological polar surface area (TPSA) is 226 Å². The third-order valence-electron chi connectivity index (χ3n) is 5.04. The van der Waals surface area contributed by atoms with Crippen molar-refractivity contribution in [3.63, 3.8) is 0 Å². The van der Waals surface area contributed by atoms with Gasteiger partial charge in [-0.25, -0.2) is 4.79 Å². The quantitative estimate of drug-likeness (QED) is 0.122. The SMILES string of the molecule is CC(O)C(NC(=O)C(CCCCN)NC(=O)C1CCCN1)C(=O)NC(CC(N)=O)C(=O)O. The van der Waals surface area contributed by atoms with Gasteiger partial charge >= 0.3 is 5.97 Å². The molecule has 0 aliphatic carbocycles. The lowest BCUT2D eigenvalue weighted by molar-refractivity contribution is -0.144. The van der Waals surface area contributed by atoms with Gasteiger partial charge in [0.25, 0.3) is 0 Å². The Morgan fingerprint density at radius 3 is 2.25 bits per heavy atom. The van der Waals surface area contributed by atoms with Crippen LogP contribution < -0.4 is 32.7 Å². The van der Waals surface area contributed by atoms with E-state index in [1.807, 2.05) is 0 Å². The van der Waals surface area contributed by atoms with E-state index in [0.29, 0.717) is 32.4 Å². The fourth-order valence-electron chi connectivity index (χ4n) is 3.26. The van der Waals surface area contributed by atoms with Crippen molar-refractivity contribution in [2.24, 2.45) is 11.5 Å². The summed E-state index contributed by atoms with van der Waals surface area (Å²) in [6, 6.07) is -4.53. The normalized spacial score (nSPS) is 19.3. The number of aliphatic hydroxyl groups is 1. The molecule has 1 saturated heterocycles. The molecule has 10 N–H and O–H groups in total. The number of hydrogen-bond acceptors (Lipinski definition) is 8. The number of unbranched alkanes of at least 4 members (excludes halogenated alkanes) is 1. The first-order valence-electron chi connectivity index (χ1n) is 10.6. The first-order valence-corrected chi connectivity index (χ1v) is 10.6. The molecule has 0 aromatic carbocycles. The van der Waals surface area contributed by atoms with Gasteiger partial charge in [-0.2, -0.15) is 0 Å². The van der Waals surface area contributed by atoms with Crippen LogP contribution in [0.25, 0.3) is 0 Å². The monoisotopic (exact) mass is 458 g/mol. The lowest BCUT2D eigenvalue weighted by Gasteiger charge is -2.26. The molecule has 32 heavy (non-hydrogen) atoms. The number of aliphatic hydroxyl groups excluding tert-OH is 1. The number of hydrogen-bond donors (Lipinski definition) is 8. The average Bonchev–Trinajstić information content (AvgIpc) is 3.24. The Labute approximate surface area is 186 Å². The minimum absolute atomic E-state index is 0.259. The zero-order valence-corrected chi connectivity index (χ0v) is 18.1. The van der Waals surface area contributed by atoms with Gasteiger partial charge in [0.05, 0.1) is 18.6 Å². The maximum atomic E-state index is 12.8. The molecule has 1 rings (SSSR count). The van der Waals surface area contributed by atoms with Crippen LogP contribution in [0.5, 0.6) is 0 Å². The molecule has 182 valence electrons. The van der Waals surface area contributed by atoms with E-state index < -0.39 is 60.4 Å². The highest BCUT2D eigenvalue weighted by atomic mass is 16.4. The number of rotatable bonds is 14. The lowest BCUT2D eigenvalue weighted by Crippen LogP contribution is -2.60. The van der Waals surface area contributed by atoms with Crippen molar-refractivity contribution in [2.75, 3.05) is 13.1 Å². The van der Waals surface area contributed by atoms with E-state index in [4.69, 9.17) is 16.6 Å². The summed E-state index contributed by atoms with van der Waals surface area (Å²) in [6.07, 6.45) is 0.843. The van der Waals surface area contributed by atoms with E-state index in [1.54, 1.807) is 0 Å². The Morgan fingerprint density at radius 1 is 1.06 bits per heavy atom. The van der Waals surface area contributed by atoms with Crippen molar-refractivity contribution in [1.29, 1.82) is 0 Å². The summed E-state index contributed by atoms with van der Waals surface area (Å²) in [5.41, 5.74) is 10.5. The summed E-state index contributed by atoms with van der Waals surface area (Å²) < 4.78 is 0. The fourth-order valence-corrected chi connectivity index (χ4v) is 3.26. The molecule has 1 aliphatic rings. The van der Waals surface area contributed by atoms with E-state index >= 15 is 0 Å². The second kappa shape index (κ2) is 13.6. The summed E-state index contributed by atoms with van der Waals surface area (Å²) in [5.74, 6) is -4.51. The second-order valence-corrected chi connectivity index (χ2v) is 7.79. The molecule has 1 heterocycles. The number of amides is 4. The summed E-state index contributed by atoms with van der Waals surface area (Å²) in [6.45, 7) is 2.34. The Balaban J connectivity index is 2.87. The van der Waals surface area contributed by atoms with E-state index in [-0.39, 0.29) is 12.3 Å². The van der Waals surface area contributed by atoms with Gasteiger partial charge in [-0.3, -0.25) is 19.2 Å². The molecule has 0 saturated carbocycles. The van der Waals surface area contributed by atoms with Crippen molar-refractivity contribution < 1.29 is 34.2 Å². The average molecular weight is 459 g/mol. The van der Waals surface area contributed by atoms with Crippen molar-refractivity contribution in [2.45, 2.75) is 75.7 Å². The first kappa shape index (κ1) is 27.3. The number of carboxylic acid groups (broad SMARTS) is 1. The van der Waals surface area contributed by atoms with Crippen molar-refractivity contribution >= 4 is 29.6 Å². The Morgan fingerprint density at radius 2 is 1.75 bits per heavy atom. The molecule has 4 amide bonds. The van der Waals surface area contributed by atoms with Crippen molar-refractivity contribution in [3.05, 3.63) is 0 Å². The zero-order valence-electron chi connectivity index (χ0n) is 18.1. The molecule has 0 spiro atoms. The van der Waals surface area contributed by atoms with Crippen LogP contribution in [0.15, 0.2) is 0 Å². The van der Waals surface area contributed by atoms with E-state index in [0.717, 1.165) is 6.42 Å². The highest BCUT2D eigenvalue weighted by molar-refractivity contribution is 5.95. The number of nitrogens with two attached hydrogens (primary N) is 2. The predicted molar refractivity (Wildman–Crippen MR) is 113 cm³/mol. The van der Waals surface area contributed by atoms with Crippen LogP contribution in [0.1, 0.15) is 45.4 Å². The van der Waals surface area contributed by atoms with Crippen molar-refractivity contribution in [1.82, 2.24) is 21.3 Å². The van der Waals surface area contributed by atoms with E-state index in [1.165, 1.54) is 6.92 Å². The molecule has 0 radical (unpaired) electrons. The molecular formula is C19H34N6O7. The molecular weight excluding hydrogens is 424 g/mol. The van der Waals surface area contributed by atoms with Gasteiger partial charge in [0.2, 0.25) is 23.6 Å². The van der Waals surface area contributed by atoms with Crippen LogP contribution in [-0.2, 0) is 24.0 Å². The molecule has 0 bridgehead atoms. The summed E-state index contributed by atoms with van der Waals surface area (Å²) >= 11 is 0. The molecule has 0 aromatic rings. The smallest absolute Gasteiger partial charge is 0.326 e. The van der Waals surface area contributed by atoms with Crippen LogP contribution in [0.3, 0.4) is 0 Å². The molecule has 1 aliphatic heterocycles. The maximum absolute atomic E-state index is 12.8. The summed E-state index contributed by atoms with van der Waals surface area (Å²) in [7, 11) is 0. The Hall–Kier alpha value is -2.77. The standard InChI is InChI=1S/C19H34N6O7/c1-10(26)15(18(30)24-13(19(31)32)9-14(21)27)25-17(29)12(5-2-3-7-20)23-16(28)11-6-4-8-22-11/h10-13,15,22,26H,2-9,20H2,1H3,(H2,21,27)(H,23,28)(H,24,30)(H,25,29)(H,31,32). The molecule has 1 fully saturated rings.